The van der Waals surface area contributed by atoms with Crippen molar-refractivity contribution in [2.75, 3.05) is 16.8 Å². The van der Waals surface area contributed by atoms with Gasteiger partial charge in [0, 0.05) is 11.8 Å². The number of carbonyl (C=O) groups excluding carboxylic acids is 1. The average Bonchev–Trinajstić information content (AvgIpc) is 2.93. The van der Waals surface area contributed by atoms with Crippen molar-refractivity contribution < 1.29 is 4.79 Å². The maximum absolute atomic E-state index is 11.8. The van der Waals surface area contributed by atoms with E-state index in [1.807, 2.05) is 24.3 Å². The summed E-state index contributed by atoms with van der Waals surface area (Å²) >= 11 is 1.64. The Morgan fingerprint density at radius 3 is 2.76 bits per heavy atom. The number of thioether (sulfide) groups is 1. The van der Waals surface area contributed by atoms with E-state index < -0.39 is 0 Å². The molecule has 0 aliphatic heterocycles. The minimum absolute atomic E-state index is 0.00475. The van der Waals surface area contributed by atoms with E-state index in [4.69, 9.17) is 0 Å². The Morgan fingerprint density at radius 1 is 1.33 bits per heavy atom. The lowest BCUT2D eigenvalue weighted by atomic mass is 10.1. The summed E-state index contributed by atoms with van der Waals surface area (Å²) in [4.78, 5) is 11.8. The minimum atomic E-state index is -0.00475. The van der Waals surface area contributed by atoms with Crippen LogP contribution in [0.25, 0.3) is 0 Å². The summed E-state index contributed by atoms with van der Waals surface area (Å²) < 4.78 is 0. The zero-order valence-electron chi connectivity index (χ0n) is 12.4. The quantitative estimate of drug-likeness (QED) is 0.770. The highest BCUT2D eigenvalue weighted by Gasteiger charge is 2.08. The zero-order chi connectivity index (χ0) is 15.1. The Hall–Kier alpha value is -1.75. The van der Waals surface area contributed by atoms with Crippen molar-refractivity contribution in [2.24, 2.45) is 0 Å². The van der Waals surface area contributed by atoms with Gasteiger partial charge in [-0.25, -0.2) is 0 Å². The van der Waals surface area contributed by atoms with Crippen LogP contribution in [0.15, 0.2) is 36.4 Å². The Balaban J connectivity index is 1.67. The van der Waals surface area contributed by atoms with E-state index in [0.29, 0.717) is 17.5 Å². The van der Waals surface area contributed by atoms with E-state index in [0.717, 1.165) is 17.9 Å². The molecule has 4 nitrogen and oxygen atoms in total. The van der Waals surface area contributed by atoms with Gasteiger partial charge >= 0.3 is 0 Å². The van der Waals surface area contributed by atoms with Crippen LogP contribution >= 0.6 is 11.8 Å². The van der Waals surface area contributed by atoms with Gasteiger partial charge in [-0.3, -0.25) is 9.89 Å². The second-order valence-corrected chi connectivity index (χ2v) is 6.30. The second-order valence-electron chi connectivity index (χ2n) is 5.20. The first-order chi connectivity index (χ1) is 10.1. The number of nitrogens with one attached hydrogen (secondary N) is 2. The number of H-pyrrole nitrogens is 1. The van der Waals surface area contributed by atoms with E-state index in [9.17, 15) is 4.79 Å². The number of aromatic amines is 1. The molecule has 2 N–H and O–H groups in total. The average molecular weight is 303 g/mol. The lowest BCUT2D eigenvalue weighted by Gasteiger charge is -2.03. The van der Waals surface area contributed by atoms with Gasteiger partial charge in [0.15, 0.2) is 5.82 Å². The molecule has 0 spiro atoms. The van der Waals surface area contributed by atoms with Crippen molar-refractivity contribution in [2.45, 2.75) is 26.2 Å². The number of anilines is 1. The summed E-state index contributed by atoms with van der Waals surface area (Å²) in [7, 11) is 0. The SMILES string of the molecule is CC(C)c1cc(NC(=O)CSCCc2ccccc2)n[nH]1. The molecule has 112 valence electrons. The maximum atomic E-state index is 11.8. The van der Waals surface area contributed by atoms with Gasteiger partial charge in [-0.15, -0.1) is 0 Å². The highest BCUT2D eigenvalue weighted by molar-refractivity contribution is 7.99. The standard InChI is InChI=1S/C16H21N3OS/c1-12(2)14-10-15(19-18-14)17-16(20)11-21-9-8-13-6-4-3-5-7-13/h3-7,10,12H,8-9,11H2,1-2H3,(H2,17,18,19,20). The Bertz CT molecular complexity index is 566. The fraction of sp³-hybridized carbons (Fsp3) is 0.375. The number of rotatable bonds is 7. The molecular formula is C16H21N3OS. The van der Waals surface area contributed by atoms with Crippen LogP contribution in [0.4, 0.5) is 5.82 Å². The maximum Gasteiger partial charge on any atom is 0.235 e. The molecule has 5 heteroatoms. The van der Waals surface area contributed by atoms with Crippen LogP contribution in [0.3, 0.4) is 0 Å². The van der Waals surface area contributed by atoms with E-state index >= 15 is 0 Å². The molecule has 2 rings (SSSR count). The van der Waals surface area contributed by atoms with E-state index in [1.54, 1.807) is 11.8 Å². The molecule has 0 fully saturated rings. The lowest BCUT2D eigenvalue weighted by Crippen LogP contribution is -2.14. The molecule has 0 aliphatic rings. The van der Waals surface area contributed by atoms with Gasteiger partial charge in [0.1, 0.15) is 0 Å². The molecule has 1 amide bonds. The summed E-state index contributed by atoms with van der Waals surface area (Å²) in [6.45, 7) is 4.16. The zero-order valence-corrected chi connectivity index (χ0v) is 13.2. The summed E-state index contributed by atoms with van der Waals surface area (Å²) in [5.74, 6) is 2.37. The first-order valence-electron chi connectivity index (χ1n) is 7.12. The normalized spacial score (nSPS) is 10.8. The Labute approximate surface area is 129 Å². The highest BCUT2D eigenvalue weighted by atomic mass is 32.2. The van der Waals surface area contributed by atoms with Crippen LogP contribution in [0, 0.1) is 0 Å². The van der Waals surface area contributed by atoms with Crippen LogP contribution in [0.2, 0.25) is 0 Å². The summed E-state index contributed by atoms with van der Waals surface area (Å²) in [5, 5.41) is 9.83. The fourth-order valence-electron chi connectivity index (χ4n) is 1.87. The second kappa shape index (κ2) is 7.88. The van der Waals surface area contributed by atoms with Crippen molar-refractivity contribution in [1.29, 1.82) is 0 Å². The first-order valence-corrected chi connectivity index (χ1v) is 8.27. The van der Waals surface area contributed by atoms with Gasteiger partial charge in [-0.05, 0) is 23.7 Å². The largest absolute Gasteiger partial charge is 0.308 e. The lowest BCUT2D eigenvalue weighted by molar-refractivity contribution is -0.113. The molecule has 21 heavy (non-hydrogen) atoms. The van der Waals surface area contributed by atoms with Crippen molar-refractivity contribution in [3.05, 3.63) is 47.7 Å². The predicted octanol–water partition coefficient (Wildman–Crippen LogP) is 3.45. The minimum Gasteiger partial charge on any atom is -0.308 e. The van der Waals surface area contributed by atoms with Gasteiger partial charge in [0.25, 0.3) is 0 Å². The third kappa shape index (κ3) is 5.27. The van der Waals surface area contributed by atoms with Crippen molar-refractivity contribution in [3.63, 3.8) is 0 Å². The molecule has 0 aliphatic carbocycles. The monoisotopic (exact) mass is 303 g/mol. The van der Waals surface area contributed by atoms with Crippen LogP contribution in [-0.2, 0) is 11.2 Å². The molecule has 1 heterocycles. The molecule has 0 saturated heterocycles. The number of nitrogens with zero attached hydrogens (tertiary/aromatic N) is 1. The number of hydrogen-bond donors (Lipinski definition) is 2. The topological polar surface area (TPSA) is 57.8 Å². The van der Waals surface area contributed by atoms with E-state index in [-0.39, 0.29) is 5.91 Å². The molecule has 2 aromatic rings. The third-order valence-corrected chi connectivity index (χ3v) is 4.06. The Kier molecular flexibility index (Phi) is 5.87. The highest BCUT2D eigenvalue weighted by Crippen LogP contribution is 2.15. The molecule has 1 aromatic heterocycles. The number of hydrogen-bond acceptors (Lipinski definition) is 3. The van der Waals surface area contributed by atoms with E-state index in [1.165, 1.54) is 5.56 Å². The molecule has 0 atom stereocenters. The van der Waals surface area contributed by atoms with Crippen molar-refractivity contribution in [1.82, 2.24) is 10.2 Å². The number of benzene rings is 1. The molecule has 0 unspecified atom stereocenters. The third-order valence-electron chi connectivity index (χ3n) is 3.10. The van der Waals surface area contributed by atoms with Gasteiger partial charge in [0.2, 0.25) is 5.91 Å². The Morgan fingerprint density at radius 2 is 2.10 bits per heavy atom. The van der Waals surface area contributed by atoms with E-state index in [2.05, 4.69) is 41.5 Å². The fourth-order valence-corrected chi connectivity index (χ4v) is 2.66. The predicted molar refractivity (Wildman–Crippen MR) is 88.8 cm³/mol. The first kappa shape index (κ1) is 15.6. The molecule has 0 radical (unpaired) electrons. The smallest absolute Gasteiger partial charge is 0.235 e. The number of aromatic nitrogens is 2. The van der Waals surface area contributed by atoms with Crippen LogP contribution in [0.1, 0.15) is 31.0 Å². The molecule has 0 bridgehead atoms. The summed E-state index contributed by atoms with van der Waals surface area (Å²) in [6, 6.07) is 12.2. The van der Waals surface area contributed by atoms with Gasteiger partial charge < -0.3 is 5.32 Å². The van der Waals surface area contributed by atoms with Crippen LogP contribution in [-0.4, -0.2) is 27.6 Å². The number of amides is 1. The molecule has 1 aromatic carbocycles. The van der Waals surface area contributed by atoms with Gasteiger partial charge in [-0.2, -0.15) is 16.9 Å². The summed E-state index contributed by atoms with van der Waals surface area (Å²) in [5.41, 5.74) is 2.33. The van der Waals surface area contributed by atoms with Crippen molar-refractivity contribution >= 4 is 23.5 Å². The van der Waals surface area contributed by atoms with Crippen LogP contribution < -0.4 is 5.32 Å². The number of carbonyl (C=O) groups is 1. The summed E-state index contributed by atoms with van der Waals surface area (Å²) in [6.07, 6.45) is 0.985. The van der Waals surface area contributed by atoms with Crippen LogP contribution in [0.5, 0.6) is 0 Å². The van der Waals surface area contributed by atoms with Crippen molar-refractivity contribution in [3.8, 4) is 0 Å². The molecule has 0 saturated carbocycles. The van der Waals surface area contributed by atoms with Gasteiger partial charge in [-0.1, -0.05) is 44.2 Å². The molecular weight excluding hydrogens is 282 g/mol. The van der Waals surface area contributed by atoms with Gasteiger partial charge in [0.05, 0.1) is 5.75 Å². The number of aryl methyl sites for hydroxylation is 1.